The maximum absolute atomic E-state index is 12.5. The minimum absolute atomic E-state index is 0. The van der Waals surface area contributed by atoms with E-state index in [0.29, 0.717) is 19.0 Å². The number of pyridine rings is 1. The van der Waals surface area contributed by atoms with Crippen LogP contribution in [0.4, 0.5) is 5.82 Å². The zero-order valence-electron chi connectivity index (χ0n) is 16.5. The first-order valence-electron chi connectivity index (χ1n) is 9.90. The number of anilines is 1. The van der Waals surface area contributed by atoms with E-state index in [1.54, 1.807) is 0 Å². The van der Waals surface area contributed by atoms with Crippen LogP contribution in [0.15, 0.2) is 41.5 Å². The minimum atomic E-state index is 0. The van der Waals surface area contributed by atoms with Gasteiger partial charge in [0.05, 0.1) is 6.54 Å². The van der Waals surface area contributed by atoms with E-state index in [0.717, 1.165) is 57.3 Å². The molecule has 1 fully saturated rings. The van der Waals surface area contributed by atoms with E-state index in [1.165, 1.54) is 0 Å². The molecule has 8 heteroatoms. The van der Waals surface area contributed by atoms with Crippen LogP contribution in [0.5, 0.6) is 0 Å². The van der Waals surface area contributed by atoms with Gasteiger partial charge in [0.25, 0.3) is 0 Å². The molecule has 0 spiro atoms. The number of nitrogens with zero attached hydrogens (tertiary/aromatic N) is 4. The zero-order valence-corrected chi connectivity index (χ0v) is 18.8. The van der Waals surface area contributed by atoms with Gasteiger partial charge in [-0.3, -0.25) is 9.79 Å². The zero-order chi connectivity index (χ0) is 18.9. The predicted molar refractivity (Wildman–Crippen MR) is 124 cm³/mol. The van der Waals surface area contributed by atoms with Crippen molar-refractivity contribution in [2.75, 3.05) is 44.2 Å². The van der Waals surface area contributed by atoms with Crippen LogP contribution in [0, 0.1) is 0 Å². The van der Waals surface area contributed by atoms with Crippen molar-refractivity contribution in [3.05, 3.63) is 36.5 Å². The van der Waals surface area contributed by atoms with Gasteiger partial charge in [-0.15, -0.1) is 24.0 Å². The summed E-state index contributed by atoms with van der Waals surface area (Å²) in [5.41, 5.74) is 0. The Hall–Kier alpha value is -1.84. The predicted octanol–water partition coefficient (Wildman–Crippen LogP) is 2.01. The molecule has 1 aliphatic carbocycles. The number of hydrogen-bond acceptors (Lipinski definition) is 4. The molecular weight excluding hydrogens is 467 g/mol. The van der Waals surface area contributed by atoms with E-state index >= 15 is 0 Å². The lowest BCUT2D eigenvalue weighted by Crippen LogP contribution is -2.49. The Balaban J connectivity index is 0.00000280. The van der Waals surface area contributed by atoms with E-state index < -0.39 is 0 Å². The maximum Gasteiger partial charge on any atom is 0.224 e. The highest BCUT2D eigenvalue weighted by molar-refractivity contribution is 14.0. The summed E-state index contributed by atoms with van der Waals surface area (Å²) < 4.78 is 0. The Morgan fingerprint density at radius 2 is 1.96 bits per heavy atom. The Kier molecular flexibility index (Phi) is 9.52. The SMILES string of the molecule is CCNC(=NCCC(=O)N1CCN(c2ccccn2)CC1)NC1CC=CC1.I. The summed E-state index contributed by atoms with van der Waals surface area (Å²) in [4.78, 5) is 25.6. The number of nitrogens with one attached hydrogen (secondary N) is 2. The lowest BCUT2D eigenvalue weighted by atomic mass is 10.2. The Labute approximate surface area is 184 Å². The monoisotopic (exact) mass is 498 g/mol. The Morgan fingerprint density at radius 1 is 1.21 bits per heavy atom. The van der Waals surface area contributed by atoms with Gasteiger partial charge in [0.2, 0.25) is 5.91 Å². The number of piperazine rings is 1. The number of carbonyl (C=O) groups excluding carboxylic acids is 1. The molecule has 1 saturated heterocycles. The highest BCUT2D eigenvalue weighted by Gasteiger charge is 2.21. The van der Waals surface area contributed by atoms with Crippen molar-refractivity contribution in [3.63, 3.8) is 0 Å². The summed E-state index contributed by atoms with van der Waals surface area (Å²) in [5, 5.41) is 6.69. The van der Waals surface area contributed by atoms with Crippen molar-refractivity contribution in [1.29, 1.82) is 0 Å². The van der Waals surface area contributed by atoms with Gasteiger partial charge in [-0.2, -0.15) is 0 Å². The smallest absolute Gasteiger partial charge is 0.224 e. The van der Waals surface area contributed by atoms with Gasteiger partial charge in [0, 0.05) is 51.4 Å². The number of aromatic nitrogens is 1. The van der Waals surface area contributed by atoms with E-state index in [-0.39, 0.29) is 29.9 Å². The number of halogens is 1. The number of guanidine groups is 1. The molecule has 1 aliphatic heterocycles. The standard InChI is InChI=1S/C20H30N6O.HI/c1-2-21-20(24-17-7-3-4-8-17)23-12-10-19(27)26-15-13-25(14-16-26)18-9-5-6-11-22-18;/h3-6,9,11,17H,2,7-8,10,12-16H2,1H3,(H2,21,23,24);1H. The van der Waals surface area contributed by atoms with E-state index in [1.807, 2.05) is 29.3 Å². The lowest BCUT2D eigenvalue weighted by molar-refractivity contribution is -0.131. The fraction of sp³-hybridized carbons (Fsp3) is 0.550. The van der Waals surface area contributed by atoms with Crippen LogP contribution in [0.1, 0.15) is 26.2 Å². The second kappa shape index (κ2) is 11.9. The van der Waals surface area contributed by atoms with Crippen LogP contribution in [-0.2, 0) is 4.79 Å². The highest BCUT2D eigenvalue weighted by Crippen LogP contribution is 2.13. The van der Waals surface area contributed by atoms with Gasteiger partial charge in [-0.25, -0.2) is 4.98 Å². The average molecular weight is 498 g/mol. The number of amides is 1. The molecule has 3 rings (SSSR count). The van der Waals surface area contributed by atoms with Crippen molar-refractivity contribution in [1.82, 2.24) is 20.5 Å². The van der Waals surface area contributed by atoms with Crippen molar-refractivity contribution in [2.24, 2.45) is 4.99 Å². The topological polar surface area (TPSA) is 72.9 Å². The minimum Gasteiger partial charge on any atom is -0.357 e. The molecule has 154 valence electrons. The Bertz CT molecular complexity index is 650. The van der Waals surface area contributed by atoms with Crippen LogP contribution in [0.3, 0.4) is 0 Å². The molecule has 0 atom stereocenters. The second-order valence-corrected chi connectivity index (χ2v) is 6.85. The van der Waals surface area contributed by atoms with Crippen molar-refractivity contribution in [2.45, 2.75) is 32.2 Å². The summed E-state index contributed by atoms with van der Waals surface area (Å²) in [6, 6.07) is 6.35. The quantitative estimate of drug-likeness (QED) is 0.272. The first-order chi connectivity index (χ1) is 13.3. The second-order valence-electron chi connectivity index (χ2n) is 6.85. The van der Waals surface area contributed by atoms with Crippen LogP contribution in [-0.4, -0.2) is 67.1 Å². The normalized spacial score (nSPS) is 17.4. The van der Waals surface area contributed by atoms with E-state index in [2.05, 4.69) is 44.6 Å². The summed E-state index contributed by atoms with van der Waals surface area (Å²) in [6.07, 6.45) is 8.70. The van der Waals surface area contributed by atoms with Gasteiger partial charge in [0.1, 0.15) is 5.82 Å². The van der Waals surface area contributed by atoms with Crippen LogP contribution < -0.4 is 15.5 Å². The molecule has 0 aromatic carbocycles. The highest BCUT2D eigenvalue weighted by atomic mass is 127. The molecule has 7 nitrogen and oxygen atoms in total. The van der Waals surface area contributed by atoms with Gasteiger partial charge in [0.15, 0.2) is 5.96 Å². The third-order valence-corrected chi connectivity index (χ3v) is 4.89. The van der Waals surface area contributed by atoms with Crippen LogP contribution in [0.25, 0.3) is 0 Å². The summed E-state index contributed by atoms with van der Waals surface area (Å²) in [7, 11) is 0. The molecule has 0 bridgehead atoms. The van der Waals surface area contributed by atoms with Gasteiger partial charge in [-0.1, -0.05) is 18.2 Å². The number of aliphatic imine (C=N–C) groups is 1. The third-order valence-electron chi connectivity index (χ3n) is 4.89. The molecular formula is C20H31IN6O. The van der Waals surface area contributed by atoms with Crippen molar-refractivity contribution < 1.29 is 4.79 Å². The van der Waals surface area contributed by atoms with E-state index in [9.17, 15) is 4.79 Å². The number of carbonyl (C=O) groups is 1. The molecule has 1 amide bonds. The van der Waals surface area contributed by atoms with E-state index in [4.69, 9.17) is 0 Å². The largest absolute Gasteiger partial charge is 0.357 e. The molecule has 28 heavy (non-hydrogen) atoms. The van der Waals surface area contributed by atoms with Gasteiger partial charge in [-0.05, 0) is 31.9 Å². The van der Waals surface area contributed by atoms with Crippen LogP contribution in [0.2, 0.25) is 0 Å². The molecule has 2 N–H and O–H groups in total. The summed E-state index contributed by atoms with van der Waals surface area (Å²) in [6.45, 7) is 6.51. The molecule has 2 heterocycles. The molecule has 0 unspecified atom stereocenters. The van der Waals surface area contributed by atoms with Crippen molar-refractivity contribution in [3.8, 4) is 0 Å². The third kappa shape index (κ3) is 6.65. The first kappa shape index (κ1) is 22.4. The van der Waals surface area contributed by atoms with Gasteiger partial charge >= 0.3 is 0 Å². The first-order valence-corrected chi connectivity index (χ1v) is 9.90. The molecule has 1 aromatic heterocycles. The van der Waals surface area contributed by atoms with Crippen LogP contribution >= 0.6 is 24.0 Å². The summed E-state index contributed by atoms with van der Waals surface area (Å²) >= 11 is 0. The number of hydrogen-bond donors (Lipinski definition) is 2. The van der Waals surface area contributed by atoms with Gasteiger partial charge < -0.3 is 20.4 Å². The molecule has 1 aromatic rings. The molecule has 2 aliphatic rings. The molecule has 0 radical (unpaired) electrons. The average Bonchev–Trinajstić information content (AvgIpc) is 3.22. The number of rotatable bonds is 6. The van der Waals surface area contributed by atoms with Crippen molar-refractivity contribution >= 4 is 41.7 Å². The lowest BCUT2D eigenvalue weighted by Gasteiger charge is -2.35. The fourth-order valence-corrected chi connectivity index (χ4v) is 3.40. The maximum atomic E-state index is 12.5. The summed E-state index contributed by atoms with van der Waals surface area (Å²) in [5.74, 6) is 1.97. The fourth-order valence-electron chi connectivity index (χ4n) is 3.40. The Morgan fingerprint density at radius 3 is 2.61 bits per heavy atom. The molecule has 0 saturated carbocycles.